The highest BCUT2D eigenvalue weighted by Gasteiger charge is 2.18. The van der Waals surface area contributed by atoms with Crippen LogP contribution in [0.2, 0.25) is 38.9 Å². The van der Waals surface area contributed by atoms with Gasteiger partial charge in [0, 0.05) is 31.6 Å². The van der Waals surface area contributed by atoms with Crippen LogP contribution in [0.3, 0.4) is 0 Å². The summed E-state index contributed by atoms with van der Waals surface area (Å²) in [6.07, 6.45) is 0. The monoisotopic (exact) mass is 221 g/mol. The van der Waals surface area contributed by atoms with Crippen molar-refractivity contribution < 1.29 is 29.1 Å². The minimum Gasteiger partial charge on any atom is -0.535 e. The standard InChI is InChI=1S/C8H21NOSi2/c1-8(9-11(2,3)4)10-12(5,6)7/h1-7H3/b9-8+/i2D3,3D3,4D3,5D3,6D3,7D3. The summed E-state index contributed by atoms with van der Waals surface area (Å²) in [6.45, 7) is -21.6. The fraction of sp³-hybridized carbons (Fsp3) is 0.875. The van der Waals surface area contributed by atoms with Crippen molar-refractivity contribution in [2.75, 3.05) is 0 Å². The van der Waals surface area contributed by atoms with E-state index >= 15 is 0 Å². The molecule has 0 saturated heterocycles. The molecule has 0 bridgehead atoms. The van der Waals surface area contributed by atoms with E-state index in [1.54, 1.807) is 0 Å². The van der Waals surface area contributed by atoms with Gasteiger partial charge in [-0.25, -0.2) is 0 Å². The van der Waals surface area contributed by atoms with Gasteiger partial charge in [0.25, 0.3) is 0 Å². The number of nitrogens with zero attached hydrogens (tertiary/aromatic N) is 1. The van der Waals surface area contributed by atoms with E-state index in [0.29, 0.717) is 6.92 Å². The average molecular weight is 222 g/mol. The van der Waals surface area contributed by atoms with Crippen LogP contribution in [-0.4, -0.2) is 22.5 Å². The Balaban J connectivity index is 7.18. The van der Waals surface area contributed by atoms with Crippen LogP contribution in [0.25, 0.3) is 0 Å². The Bertz CT molecular complexity index is 572. The lowest BCUT2D eigenvalue weighted by molar-refractivity contribution is 0.549. The van der Waals surface area contributed by atoms with Gasteiger partial charge in [0.1, 0.15) is 0 Å². The molecule has 12 heavy (non-hydrogen) atoms. The minimum absolute atomic E-state index is 0.649. The zero-order valence-electron chi connectivity index (χ0n) is 24.4. The summed E-state index contributed by atoms with van der Waals surface area (Å²) < 4.78 is 144. The number of hydrogen-bond acceptors (Lipinski definition) is 2. The molecule has 0 fully saturated rings. The second-order valence-electron chi connectivity index (χ2n) is 2.12. The van der Waals surface area contributed by atoms with E-state index in [1.807, 2.05) is 0 Å². The van der Waals surface area contributed by atoms with E-state index in [0.717, 1.165) is 0 Å². The van der Waals surface area contributed by atoms with Crippen molar-refractivity contribution >= 4 is 22.5 Å². The lowest BCUT2D eigenvalue weighted by Gasteiger charge is -2.21. The lowest BCUT2D eigenvalue weighted by Crippen LogP contribution is -2.30. The first kappa shape index (κ1) is 1.69. The third-order valence-electron chi connectivity index (χ3n) is 0.626. The number of rotatable bonds is 2. The van der Waals surface area contributed by atoms with Crippen molar-refractivity contribution in [2.45, 2.75) is 45.8 Å². The predicted molar refractivity (Wildman–Crippen MR) is 60.9 cm³/mol. The molecular formula is C8H21NOSi2. The first-order valence-electron chi connectivity index (χ1n) is 11.9. The van der Waals surface area contributed by atoms with Crippen molar-refractivity contribution in [3.05, 3.63) is 0 Å². The van der Waals surface area contributed by atoms with Gasteiger partial charge in [-0.3, -0.25) is 4.66 Å². The van der Waals surface area contributed by atoms with Crippen molar-refractivity contribution in [2.24, 2.45) is 4.66 Å². The highest BCUT2D eigenvalue weighted by Crippen LogP contribution is 2.07. The fourth-order valence-corrected chi connectivity index (χ4v) is 1.58. The Morgan fingerprint density at radius 3 is 2.17 bits per heavy atom. The Labute approximate surface area is 104 Å². The van der Waals surface area contributed by atoms with E-state index in [2.05, 4.69) is 4.66 Å². The predicted octanol–water partition coefficient (Wildman–Crippen LogP) is 3.09. The summed E-state index contributed by atoms with van der Waals surface area (Å²) in [7, 11) is -11.7. The molecule has 0 N–H and O–H groups in total. The Kier molecular flexibility index (Phi) is 0.528. The summed E-state index contributed by atoms with van der Waals surface area (Å²) in [5, 5.41) is 0. The molecule has 0 aromatic heterocycles. The summed E-state index contributed by atoms with van der Waals surface area (Å²) >= 11 is 0. The van der Waals surface area contributed by atoms with E-state index in [1.165, 1.54) is 0 Å². The van der Waals surface area contributed by atoms with E-state index < -0.39 is 61.3 Å². The topological polar surface area (TPSA) is 21.6 Å². The molecule has 0 radical (unpaired) electrons. The Hall–Kier alpha value is -0.0962. The fourth-order valence-electron chi connectivity index (χ4n) is 0.481. The van der Waals surface area contributed by atoms with Gasteiger partial charge in [-0.1, -0.05) is 0 Å². The van der Waals surface area contributed by atoms with Gasteiger partial charge in [-0.15, -0.1) is 0 Å². The van der Waals surface area contributed by atoms with Gasteiger partial charge in [0.05, 0.1) is 0 Å². The molecule has 0 aromatic carbocycles. The average Bonchev–Trinajstić information content (AvgIpc) is 2.33. The van der Waals surface area contributed by atoms with Crippen LogP contribution in [0.1, 0.15) is 31.6 Å². The first-order chi connectivity index (χ1) is 12.6. The molecule has 4 heteroatoms. The highest BCUT2D eigenvalue weighted by molar-refractivity contribution is 6.76. The summed E-state index contributed by atoms with van der Waals surface area (Å²) in [6, 6.07) is 0. The molecule has 2 nitrogen and oxygen atoms in total. The van der Waals surface area contributed by atoms with Crippen LogP contribution in [0.4, 0.5) is 0 Å². The second kappa shape index (κ2) is 3.74. The maximum atomic E-state index is 7.53. The third kappa shape index (κ3) is 8.00. The molecule has 0 aliphatic heterocycles. The molecule has 0 heterocycles. The second-order valence-corrected chi connectivity index (χ2v) is 5.34. The van der Waals surface area contributed by atoms with Crippen molar-refractivity contribution in [1.29, 1.82) is 0 Å². The Morgan fingerprint density at radius 2 is 1.75 bits per heavy atom. The van der Waals surface area contributed by atoms with Crippen LogP contribution >= 0.6 is 0 Å². The maximum Gasteiger partial charge on any atom is 0.243 e. The molecule has 0 aromatic rings. The van der Waals surface area contributed by atoms with Crippen LogP contribution in [-0.2, 0) is 4.43 Å². The maximum absolute atomic E-state index is 7.53. The minimum atomic E-state index is -5.90. The van der Waals surface area contributed by atoms with Crippen molar-refractivity contribution in [1.82, 2.24) is 0 Å². The quantitative estimate of drug-likeness (QED) is 0.399. The van der Waals surface area contributed by atoms with Gasteiger partial charge in [-0.05, 0) is 38.9 Å². The van der Waals surface area contributed by atoms with E-state index in [-0.39, 0.29) is 0 Å². The van der Waals surface area contributed by atoms with Crippen molar-refractivity contribution in [3.8, 4) is 0 Å². The highest BCUT2D eigenvalue weighted by atomic mass is 28.4. The zero-order chi connectivity index (χ0) is 25.0. The van der Waals surface area contributed by atoms with Gasteiger partial charge >= 0.3 is 0 Å². The van der Waals surface area contributed by atoms with E-state index in [4.69, 9.17) is 29.1 Å². The van der Waals surface area contributed by atoms with Crippen molar-refractivity contribution in [3.63, 3.8) is 0 Å². The molecule has 0 rings (SSSR count). The summed E-state index contributed by atoms with van der Waals surface area (Å²) in [5.41, 5.74) is 0. The molecule has 0 amide bonds. The number of hydrogen-bond donors (Lipinski definition) is 0. The first-order valence-corrected chi connectivity index (χ1v) is 6.71. The van der Waals surface area contributed by atoms with Gasteiger partial charge in [-0.2, -0.15) is 0 Å². The molecular weight excluding hydrogens is 182 g/mol. The molecule has 0 spiro atoms. The smallest absolute Gasteiger partial charge is 0.243 e. The summed E-state index contributed by atoms with van der Waals surface area (Å²) in [5.74, 6) is -1.24. The van der Waals surface area contributed by atoms with Crippen LogP contribution in [0, 0.1) is 0 Å². The van der Waals surface area contributed by atoms with E-state index in [9.17, 15) is 0 Å². The molecule has 0 saturated carbocycles. The van der Waals surface area contributed by atoms with Gasteiger partial charge in [0.2, 0.25) is 8.32 Å². The van der Waals surface area contributed by atoms with Crippen LogP contribution in [0.5, 0.6) is 0 Å². The summed E-state index contributed by atoms with van der Waals surface area (Å²) in [4.78, 5) is 0. The molecule has 0 aliphatic rings. The molecule has 0 atom stereocenters. The molecule has 72 valence electrons. The normalized spacial score (nSPS) is 43.2. The molecule has 0 unspecified atom stereocenters. The molecule has 0 aliphatic carbocycles. The lowest BCUT2D eigenvalue weighted by atomic mass is 10.8. The third-order valence-corrected chi connectivity index (χ3v) is 1.88. The van der Waals surface area contributed by atoms with Crippen LogP contribution in [0.15, 0.2) is 4.66 Å². The van der Waals surface area contributed by atoms with Gasteiger partial charge in [0.15, 0.2) is 14.1 Å². The largest absolute Gasteiger partial charge is 0.535 e. The van der Waals surface area contributed by atoms with Gasteiger partial charge < -0.3 is 4.43 Å². The van der Waals surface area contributed by atoms with Crippen LogP contribution < -0.4 is 0 Å². The SMILES string of the molecule is [2H]C([2H])([2H])[Si](/N=C(\C)O[Si](C([2H])([2H])[2H])(C([2H])([2H])[2H])C([2H])([2H])[2H])(C([2H])([2H])[2H])C([2H])([2H])[2H]. The zero-order valence-corrected chi connectivity index (χ0v) is 8.36. The Morgan fingerprint density at radius 1 is 1.17 bits per heavy atom.